The Kier molecular flexibility index (Phi) is 4.04. The number of benzene rings is 2. The molecule has 2 rings (SSSR count). The zero-order valence-corrected chi connectivity index (χ0v) is 12.8. The molecule has 2 aromatic carbocycles. The smallest absolute Gasteiger partial charge is 0.308 e. The fourth-order valence-electron chi connectivity index (χ4n) is 1.99. The van der Waals surface area contributed by atoms with Gasteiger partial charge in [-0.1, -0.05) is 15.9 Å². The van der Waals surface area contributed by atoms with Crippen molar-refractivity contribution < 1.29 is 24.1 Å². The summed E-state index contributed by atoms with van der Waals surface area (Å²) in [5.74, 6) is -0.0432. The Morgan fingerprint density at radius 1 is 1.10 bits per heavy atom. The van der Waals surface area contributed by atoms with E-state index in [0.29, 0.717) is 10.8 Å². The van der Waals surface area contributed by atoms with Crippen molar-refractivity contribution in [2.45, 2.75) is 6.92 Å². The van der Waals surface area contributed by atoms with Gasteiger partial charge in [-0.3, -0.25) is 4.79 Å². The van der Waals surface area contributed by atoms with E-state index in [9.17, 15) is 9.90 Å². The van der Waals surface area contributed by atoms with Gasteiger partial charge in [0.25, 0.3) is 0 Å². The van der Waals surface area contributed by atoms with Gasteiger partial charge in [0.1, 0.15) is 0 Å². The number of ether oxygens (including phenoxy) is 3. The molecule has 0 aliphatic rings. The van der Waals surface area contributed by atoms with Crippen LogP contribution in [0.1, 0.15) is 6.92 Å². The van der Waals surface area contributed by atoms with E-state index in [1.807, 2.05) is 0 Å². The first-order chi connectivity index (χ1) is 9.49. The van der Waals surface area contributed by atoms with Gasteiger partial charge < -0.3 is 19.3 Å². The number of fused-ring (bicyclic) bond motifs is 1. The summed E-state index contributed by atoms with van der Waals surface area (Å²) in [6.07, 6.45) is 0. The number of halogens is 1. The third-order valence-electron chi connectivity index (χ3n) is 2.76. The van der Waals surface area contributed by atoms with Crippen molar-refractivity contribution >= 4 is 32.7 Å². The second kappa shape index (κ2) is 5.58. The first-order valence-corrected chi connectivity index (χ1v) is 6.53. The van der Waals surface area contributed by atoms with E-state index in [0.717, 1.165) is 4.47 Å². The number of phenolic OH excluding ortho intramolecular Hbond substituents is 1. The fourth-order valence-corrected chi connectivity index (χ4v) is 2.35. The average Bonchev–Trinajstić information content (AvgIpc) is 2.41. The number of methoxy groups -OCH3 is 2. The number of carbonyl (C=O) groups excluding carboxylic acids is 1. The van der Waals surface area contributed by atoms with Crippen molar-refractivity contribution in [3.05, 3.63) is 22.7 Å². The summed E-state index contributed by atoms with van der Waals surface area (Å²) in [5.41, 5.74) is 0. The summed E-state index contributed by atoms with van der Waals surface area (Å²) in [7, 11) is 2.81. The van der Waals surface area contributed by atoms with Gasteiger partial charge in [-0.15, -0.1) is 0 Å². The minimum atomic E-state index is -0.486. The number of hydrogen-bond donors (Lipinski definition) is 1. The molecule has 0 spiro atoms. The second-order valence-corrected chi connectivity index (χ2v) is 4.94. The predicted octanol–water partition coefficient (Wildman–Crippen LogP) is 3.25. The normalized spacial score (nSPS) is 10.4. The molecule has 0 amide bonds. The van der Waals surface area contributed by atoms with E-state index >= 15 is 0 Å². The largest absolute Gasteiger partial charge is 0.504 e. The molecule has 0 aliphatic carbocycles. The first kappa shape index (κ1) is 14.5. The van der Waals surface area contributed by atoms with E-state index in [-0.39, 0.29) is 23.0 Å². The van der Waals surface area contributed by atoms with Crippen LogP contribution in [0.3, 0.4) is 0 Å². The minimum Gasteiger partial charge on any atom is -0.504 e. The zero-order valence-electron chi connectivity index (χ0n) is 11.2. The lowest BCUT2D eigenvalue weighted by Crippen LogP contribution is -2.05. The highest BCUT2D eigenvalue weighted by Gasteiger charge is 2.23. The van der Waals surface area contributed by atoms with Crippen molar-refractivity contribution in [1.29, 1.82) is 0 Å². The molecule has 0 fully saturated rings. The summed E-state index contributed by atoms with van der Waals surface area (Å²) in [5, 5.41) is 11.3. The Labute approximate surface area is 124 Å². The maximum atomic E-state index is 11.3. The predicted molar refractivity (Wildman–Crippen MR) is 77.7 cm³/mol. The van der Waals surface area contributed by atoms with Crippen molar-refractivity contribution in [1.82, 2.24) is 0 Å². The maximum absolute atomic E-state index is 11.3. The molecule has 0 saturated heterocycles. The van der Waals surface area contributed by atoms with Crippen LogP contribution in [-0.2, 0) is 4.79 Å². The lowest BCUT2D eigenvalue weighted by Gasteiger charge is -2.16. The molecule has 6 heteroatoms. The lowest BCUT2D eigenvalue weighted by molar-refractivity contribution is -0.131. The number of aromatic hydroxyl groups is 1. The second-order valence-electron chi connectivity index (χ2n) is 4.03. The minimum absolute atomic E-state index is 0.0726. The Balaban J connectivity index is 2.91. The van der Waals surface area contributed by atoms with E-state index in [1.54, 1.807) is 18.2 Å². The van der Waals surface area contributed by atoms with Gasteiger partial charge >= 0.3 is 5.97 Å². The van der Waals surface area contributed by atoms with E-state index in [4.69, 9.17) is 14.2 Å². The molecule has 5 nitrogen and oxygen atoms in total. The molecule has 0 bridgehead atoms. The van der Waals surface area contributed by atoms with Gasteiger partial charge in [0, 0.05) is 22.2 Å². The summed E-state index contributed by atoms with van der Waals surface area (Å²) < 4.78 is 16.4. The fraction of sp³-hybridized carbons (Fsp3) is 0.214. The van der Waals surface area contributed by atoms with Gasteiger partial charge in [-0.2, -0.15) is 0 Å². The molecular formula is C14H13BrO5. The number of phenols is 1. The Bertz CT molecular complexity index is 681. The molecule has 0 aliphatic heterocycles. The van der Waals surface area contributed by atoms with Gasteiger partial charge in [-0.25, -0.2) is 0 Å². The van der Waals surface area contributed by atoms with Crippen molar-refractivity contribution in [2.75, 3.05) is 14.2 Å². The van der Waals surface area contributed by atoms with E-state index in [1.165, 1.54) is 21.1 Å². The third-order valence-corrected chi connectivity index (χ3v) is 3.26. The zero-order chi connectivity index (χ0) is 14.9. The lowest BCUT2D eigenvalue weighted by atomic mass is 10.1. The van der Waals surface area contributed by atoms with E-state index in [2.05, 4.69) is 15.9 Å². The molecule has 2 aromatic rings. The highest BCUT2D eigenvalue weighted by molar-refractivity contribution is 9.10. The molecule has 20 heavy (non-hydrogen) atoms. The first-order valence-electron chi connectivity index (χ1n) is 5.74. The van der Waals surface area contributed by atoms with Crippen LogP contribution in [-0.4, -0.2) is 25.3 Å². The van der Waals surface area contributed by atoms with Crippen LogP contribution in [0.2, 0.25) is 0 Å². The van der Waals surface area contributed by atoms with Crippen molar-refractivity contribution in [3.63, 3.8) is 0 Å². The van der Waals surface area contributed by atoms with Crippen LogP contribution >= 0.6 is 15.9 Å². The van der Waals surface area contributed by atoms with Crippen molar-refractivity contribution in [2.24, 2.45) is 0 Å². The molecule has 1 N–H and O–H groups in total. The maximum Gasteiger partial charge on any atom is 0.308 e. The van der Waals surface area contributed by atoms with Gasteiger partial charge in [-0.05, 0) is 18.2 Å². The van der Waals surface area contributed by atoms with Crippen LogP contribution in [0, 0.1) is 0 Å². The highest BCUT2D eigenvalue weighted by Crippen LogP contribution is 2.50. The number of rotatable bonds is 3. The average molecular weight is 341 g/mol. The molecule has 106 valence electrons. The topological polar surface area (TPSA) is 65.0 Å². The number of esters is 1. The summed E-state index contributed by atoms with van der Waals surface area (Å²) in [4.78, 5) is 11.3. The Morgan fingerprint density at radius 2 is 1.75 bits per heavy atom. The Morgan fingerprint density at radius 3 is 2.30 bits per heavy atom. The summed E-state index contributed by atoms with van der Waals surface area (Å²) in [6.45, 7) is 1.30. The standard InChI is InChI=1S/C14H13BrO5/c1-7(16)20-12-9-5-4-8(15)6-10(9)11(17)13(18-2)14(12)19-3/h4-6,17H,1-3H3. The molecule has 0 radical (unpaired) electrons. The van der Waals surface area contributed by atoms with Crippen LogP contribution in [0.5, 0.6) is 23.0 Å². The van der Waals surface area contributed by atoms with Crippen LogP contribution in [0.4, 0.5) is 0 Å². The third kappa shape index (κ3) is 2.38. The molecule has 0 saturated carbocycles. The monoisotopic (exact) mass is 340 g/mol. The Hall–Kier alpha value is -1.95. The van der Waals surface area contributed by atoms with Gasteiger partial charge in [0.05, 0.1) is 14.2 Å². The van der Waals surface area contributed by atoms with Gasteiger partial charge in [0.2, 0.25) is 11.5 Å². The quantitative estimate of drug-likeness (QED) is 0.686. The van der Waals surface area contributed by atoms with Crippen LogP contribution in [0.25, 0.3) is 10.8 Å². The summed E-state index contributed by atoms with van der Waals surface area (Å²) >= 11 is 3.33. The van der Waals surface area contributed by atoms with E-state index < -0.39 is 5.97 Å². The molecule has 0 atom stereocenters. The molecular weight excluding hydrogens is 328 g/mol. The highest BCUT2D eigenvalue weighted by atomic mass is 79.9. The molecule has 0 heterocycles. The van der Waals surface area contributed by atoms with Gasteiger partial charge in [0.15, 0.2) is 11.5 Å². The number of hydrogen-bond acceptors (Lipinski definition) is 5. The van der Waals surface area contributed by atoms with Crippen molar-refractivity contribution in [3.8, 4) is 23.0 Å². The van der Waals surface area contributed by atoms with Crippen LogP contribution in [0.15, 0.2) is 22.7 Å². The molecule has 0 aromatic heterocycles. The molecule has 0 unspecified atom stereocenters. The SMILES string of the molecule is COc1c(OC)c(OC(C)=O)c2ccc(Br)cc2c1O. The summed E-state index contributed by atoms with van der Waals surface area (Å²) in [6, 6.07) is 5.21. The number of carbonyl (C=O) groups is 1. The van der Waals surface area contributed by atoms with Crippen LogP contribution < -0.4 is 14.2 Å².